The zero-order chi connectivity index (χ0) is 20.0. The number of hydrogen-bond donors (Lipinski definition) is 0. The van der Waals surface area contributed by atoms with Crippen LogP contribution < -0.4 is 0 Å². The number of nitrogens with zero attached hydrogens (tertiary/aromatic N) is 2. The monoisotopic (exact) mass is 394 g/mol. The molecule has 29 heavy (non-hydrogen) atoms. The van der Waals surface area contributed by atoms with Gasteiger partial charge in [0.25, 0.3) is 0 Å². The maximum Gasteiger partial charge on any atom is 0.0977 e. The standard InChI is InChI=1S/C24H16N2S.C2H6/c1-15-6-4-7-16(14-15)26-19-12-11-18-17-8-2-3-10-21(17)27-24(18)22(19)23-20(26)9-5-13-25-23;1-2/h2-14H,1H3;1-2H3. The normalized spacial score (nSPS) is 11.3. The molecule has 0 aliphatic heterocycles. The molecule has 0 bridgehead atoms. The molecule has 142 valence electrons. The van der Waals surface area contributed by atoms with E-state index in [9.17, 15) is 0 Å². The van der Waals surface area contributed by atoms with E-state index in [4.69, 9.17) is 4.98 Å². The fourth-order valence-electron chi connectivity index (χ4n) is 4.14. The van der Waals surface area contributed by atoms with Crippen molar-refractivity contribution in [1.29, 1.82) is 0 Å². The van der Waals surface area contributed by atoms with E-state index in [0.717, 1.165) is 11.0 Å². The maximum absolute atomic E-state index is 4.78. The number of benzene rings is 3. The number of aryl methyl sites for hydroxylation is 1. The highest BCUT2D eigenvalue weighted by Crippen LogP contribution is 2.42. The van der Waals surface area contributed by atoms with Crippen LogP contribution in [0.5, 0.6) is 0 Å². The summed E-state index contributed by atoms with van der Waals surface area (Å²) in [4.78, 5) is 4.78. The van der Waals surface area contributed by atoms with Crippen LogP contribution in [-0.4, -0.2) is 9.55 Å². The Labute approximate surface area is 174 Å². The van der Waals surface area contributed by atoms with Crippen molar-refractivity contribution in [3.8, 4) is 5.69 Å². The summed E-state index contributed by atoms with van der Waals surface area (Å²) in [6.45, 7) is 6.14. The highest BCUT2D eigenvalue weighted by Gasteiger charge is 2.17. The largest absolute Gasteiger partial charge is 0.308 e. The van der Waals surface area contributed by atoms with Crippen LogP contribution in [0.15, 0.2) is 79.0 Å². The molecule has 6 aromatic rings. The van der Waals surface area contributed by atoms with E-state index in [1.165, 1.54) is 42.3 Å². The first-order valence-electron chi connectivity index (χ1n) is 10.1. The predicted molar refractivity (Wildman–Crippen MR) is 128 cm³/mol. The van der Waals surface area contributed by atoms with Crippen molar-refractivity contribution in [3.63, 3.8) is 0 Å². The van der Waals surface area contributed by atoms with E-state index in [0.29, 0.717) is 0 Å². The zero-order valence-corrected chi connectivity index (χ0v) is 17.6. The van der Waals surface area contributed by atoms with Gasteiger partial charge in [-0.3, -0.25) is 4.98 Å². The summed E-state index contributed by atoms with van der Waals surface area (Å²) < 4.78 is 4.99. The van der Waals surface area contributed by atoms with Crippen LogP contribution in [0, 0.1) is 6.92 Å². The van der Waals surface area contributed by atoms with Crippen LogP contribution in [0.3, 0.4) is 0 Å². The number of hydrogen-bond acceptors (Lipinski definition) is 2. The van der Waals surface area contributed by atoms with Gasteiger partial charge in [0.05, 0.1) is 16.6 Å². The first kappa shape index (κ1) is 17.9. The van der Waals surface area contributed by atoms with E-state index in [-0.39, 0.29) is 0 Å². The molecule has 0 atom stereocenters. The molecule has 2 nitrogen and oxygen atoms in total. The van der Waals surface area contributed by atoms with Gasteiger partial charge in [0.1, 0.15) is 0 Å². The van der Waals surface area contributed by atoms with Crippen LogP contribution in [0.1, 0.15) is 19.4 Å². The lowest BCUT2D eigenvalue weighted by Gasteiger charge is -2.08. The fraction of sp³-hybridized carbons (Fsp3) is 0.115. The topological polar surface area (TPSA) is 17.8 Å². The molecular formula is C26H22N2S. The number of fused-ring (bicyclic) bond motifs is 7. The molecule has 0 unspecified atom stereocenters. The molecule has 0 aliphatic carbocycles. The molecule has 3 heterocycles. The minimum absolute atomic E-state index is 1.08. The summed E-state index contributed by atoms with van der Waals surface area (Å²) in [5, 5.41) is 3.90. The number of pyridine rings is 1. The van der Waals surface area contributed by atoms with Gasteiger partial charge in [-0.05, 0) is 48.9 Å². The van der Waals surface area contributed by atoms with Crippen LogP contribution in [-0.2, 0) is 0 Å². The van der Waals surface area contributed by atoms with Gasteiger partial charge in [0.15, 0.2) is 0 Å². The van der Waals surface area contributed by atoms with Crippen LogP contribution in [0.2, 0.25) is 0 Å². The first-order chi connectivity index (χ1) is 14.3. The van der Waals surface area contributed by atoms with Gasteiger partial charge in [-0.25, -0.2) is 0 Å². The van der Waals surface area contributed by atoms with Gasteiger partial charge in [0, 0.05) is 37.4 Å². The summed E-state index contributed by atoms with van der Waals surface area (Å²) in [5.41, 5.74) is 5.89. The molecule has 0 saturated carbocycles. The van der Waals surface area contributed by atoms with Crippen molar-refractivity contribution in [1.82, 2.24) is 9.55 Å². The Morgan fingerprint density at radius 3 is 2.52 bits per heavy atom. The maximum atomic E-state index is 4.78. The van der Waals surface area contributed by atoms with E-state index in [1.54, 1.807) is 0 Å². The zero-order valence-electron chi connectivity index (χ0n) is 16.8. The third-order valence-corrected chi connectivity index (χ3v) is 6.49. The van der Waals surface area contributed by atoms with Gasteiger partial charge in [-0.2, -0.15) is 0 Å². The quantitative estimate of drug-likeness (QED) is 0.277. The van der Waals surface area contributed by atoms with Crippen LogP contribution in [0.4, 0.5) is 0 Å². The highest BCUT2D eigenvalue weighted by molar-refractivity contribution is 7.26. The molecule has 3 aromatic heterocycles. The lowest BCUT2D eigenvalue weighted by Crippen LogP contribution is -1.94. The number of thiophene rings is 1. The lowest BCUT2D eigenvalue weighted by molar-refractivity contribution is 1.17. The van der Waals surface area contributed by atoms with Gasteiger partial charge < -0.3 is 4.57 Å². The summed E-state index contributed by atoms with van der Waals surface area (Å²) in [5.74, 6) is 0. The summed E-state index contributed by atoms with van der Waals surface area (Å²) in [7, 11) is 0. The Hall–Kier alpha value is -3.17. The smallest absolute Gasteiger partial charge is 0.0977 e. The average Bonchev–Trinajstić information content (AvgIpc) is 3.30. The second kappa shape index (κ2) is 7.02. The van der Waals surface area contributed by atoms with Gasteiger partial charge >= 0.3 is 0 Å². The van der Waals surface area contributed by atoms with E-state index in [1.807, 2.05) is 37.4 Å². The van der Waals surface area contributed by atoms with Crippen LogP contribution in [0.25, 0.3) is 47.8 Å². The third kappa shape index (κ3) is 2.65. The Balaban J connectivity index is 0.000000882. The second-order valence-electron chi connectivity index (χ2n) is 6.98. The minimum Gasteiger partial charge on any atom is -0.308 e. The predicted octanol–water partition coefficient (Wildman–Crippen LogP) is 7.88. The van der Waals surface area contributed by atoms with Crippen molar-refractivity contribution >= 4 is 53.4 Å². The summed E-state index contributed by atoms with van der Waals surface area (Å²) >= 11 is 1.86. The Morgan fingerprint density at radius 1 is 0.793 bits per heavy atom. The molecule has 3 heteroatoms. The Kier molecular flexibility index (Phi) is 4.33. The van der Waals surface area contributed by atoms with Crippen molar-refractivity contribution in [3.05, 3.63) is 84.6 Å². The second-order valence-corrected chi connectivity index (χ2v) is 8.03. The first-order valence-corrected chi connectivity index (χ1v) is 10.9. The molecular weight excluding hydrogens is 372 g/mol. The van der Waals surface area contributed by atoms with E-state index >= 15 is 0 Å². The van der Waals surface area contributed by atoms with Gasteiger partial charge in [0.2, 0.25) is 0 Å². The average molecular weight is 395 g/mol. The number of rotatable bonds is 1. The highest BCUT2D eigenvalue weighted by atomic mass is 32.1. The van der Waals surface area contributed by atoms with Gasteiger partial charge in [-0.15, -0.1) is 11.3 Å². The lowest BCUT2D eigenvalue weighted by atomic mass is 10.1. The molecule has 0 amide bonds. The van der Waals surface area contributed by atoms with Crippen molar-refractivity contribution in [2.24, 2.45) is 0 Å². The van der Waals surface area contributed by atoms with Crippen molar-refractivity contribution in [2.75, 3.05) is 0 Å². The van der Waals surface area contributed by atoms with E-state index in [2.05, 4.69) is 78.2 Å². The molecule has 6 rings (SSSR count). The molecule has 0 saturated heterocycles. The molecule has 0 spiro atoms. The van der Waals surface area contributed by atoms with E-state index < -0.39 is 0 Å². The summed E-state index contributed by atoms with van der Waals surface area (Å²) in [6.07, 6.45) is 1.90. The Morgan fingerprint density at radius 2 is 1.66 bits per heavy atom. The van der Waals surface area contributed by atoms with Crippen LogP contribution >= 0.6 is 11.3 Å². The SMILES string of the molecule is CC.Cc1cccc(-n2c3cccnc3c3c4sc5ccccc5c4ccc32)c1. The third-order valence-electron chi connectivity index (χ3n) is 5.29. The summed E-state index contributed by atoms with van der Waals surface area (Å²) in [6, 6.07) is 26.0. The molecule has 0 aliphatic rings. The molecule has 0 fully saturated rings. The van der Waals surface area contributed by atoms with Crippen molar-refractivity contribution < 1.29 is 0 Å². The molecule has 0 radical (unpaired) electrons. The fourth-order valence-corrected chi connectivity index (χ4v) is 5.38. The molecule has 3 aromatic carbocycles. The van der Waals surface area contributed by atoms with Crippen molar-refractivity contribution in [2.45, 2.75) is 20.8 Å². The Bertz CT molecular complexity index is 1490. The molecule has 0 N–H and O–H groups in total. The van der Waals surface area contributed by atoms with Gasteiger partial charge in [-0.1, -0.05) is 50.2 Å². The minimum atomic E-state index is 1.08. The number of aromatic nitrogens is 2.